The minimum Gasteiger partial charge on any atom is -0.489 e. The monoisotopic (exact) mass is 284 g/mol. The van der Waals surface area contributed by atoms with E-state index in [0.29, 0.717) is 6.61 Å². The second kappa shape index (κ2) is 5.65. The third kappa shape index (κ3) is 2.55. The third-order valence-corrected chi connectivity index (χ3v) is 4.26. The molecule has 0 saturated heterocycles. The van der Waals surface area contributed by atoms with Gasteiger partial charge in [0.2, 0.25) is 0 Å². The summed E-state index contributed by atoms with van der Waals surface area (Å²) in [6, 6.07) is 18.4. The van der Waals surface area contributed by atoms with Crippen molar-refractivity contribution in [2.24, 2.45) is 0 Å². The van der Waals surface area contributed by atoms with Gasteiger partial charge in [-0.1, -0.05) is 42.5 Å². The average molecular weight is 284 g/mol. The molecule has 3 rings (SSSR count). The van der Waals surface area contributed by atoms with E-state index in [2.05, 4.69) is 24.3 Å². The van der Waals surface area contributed by atoms with E-state index in [1.165, 1.54) is 4.70 Å². The predicted octanol–water partition coefficient (Wildman–Crippen LogP) is 4.33. The van der Waals surface area contributed by atoms with Crippen LogP contribution in [0, 0.1) is 0 Å². The molecule has 2 nitrogen and oxygen atoms in total. The van der Waals surface area contributed by atoms with Crippen molar-refractivity contribution in [2.45, 2.75) is 13.0 Å². The average Bonchev–Trinajstić information content (AvgIpc) is 2.84. The topological polar surface area (TPSA) is 29.5 Å². The van der Waals surface area contributed by atoms with Crippen molar-refractivity contribution in [1.82, 2.24) is 0 Å². The maximum Gasteiger partial charge on any atom is 0.145 e. The van der Waals surface area contributed by atoms with E-state index >= 15 is 0 Å². The minimum atomic E-state index is -0.475. The van der Waals surface area contributed by atoms with Crippen molar-refractivity contribution >= 4 is 21.4 Å². The summed E-state index contributed by atoms with van der Waals surface area (Å²) in [5, 5.41) is 10.6. The first-order valence-electron chi connectivity index (χ1n) is 6.63. The fourth-order valence-corrected chi connectivity index (χ4v) is 3.30. The Morgan fingerprint density at radius 2 is 1.75 bits per heavy atom. The molecule has 3 heteroatoms. The third-order valence-electron chi connectivity index (χ3n) is 3.05. The van der Waals surface area contributed by atoms with Gasteiger partial charge in [0, 0.05) is 10.1 Å². The molecule has 0 radical (unpaired) electrons. The lowest BCUT2D eigenvalue weighted by Gasteiger charge is -2.10. The Bertz CT molecular complexity index is 701. The van der Waals surface area contributed by atoms with Crippen LogP contribution >= 0.6 is 11.3 Å². The number of aliphatic hydroxyl groups is 1. The van der Waals surface area contributed by atoms with Crippen molar-refractivity contribution in [3.05, 3.63) is 54.6 Å². The molecule has 2 aromatic carbocycles. The lowest BCUT2D eigenvalue weighted by molar-refractivity contribution is 0.124. The number of thiophene rings is 1. The molecule has 3 aromatic rings. The quantitative estimate of drug-likeness (QED) is 0.772. The highest BCUT2D eigenvalue weighted by Gasteiger charge is 2.15. The van der Waals surface area contributed by atoms with Crippen LogP contribution in [0.3, 0.4) is 0 Å². The number of aliphatic hydroxyl groups excluding tert-OH is 1. The molecule has 1 N–H and O–H groups in total. The Hall–Kier alpha value is -1.84. The molecule has 102 valence electrons. The van der Waals surface area contributed by atoms with Gasteiger partial charge in [0.25, 0.3) is 0 Å². The van der Waals surface area contributed by atoms with Gasteiger partial charge in [0.1, 0.15) is 12.4 Å². The van der Waals surface area contributed by atoms with Crippen LogP contribution < -0.4 is 4.74 Å². The summed E-state index contributed by atoms with van der Waals surface area (Å²) in [7, 11) is 0. The molecule has 20 heavy (non-hydrogen) atoms. The van der Waals surface area contributed by atoms with Gasteiger partial charge in [-0.3, -0.25) is 0 Å². The molecule has 0 aliphatic heterocycles. The first-order chi connectivity index (χ1) is 9.75. The maximum atomic E-state index is 9.46. The zero-order valence-electron chi connectivity index (χ0n) is 11.2. The first kappa shape index (κ1) is 13.2. The molecule has 1 heterocycles. The van der Waals surface area contributed by atoms with Crippen molar-refractivity contribution in [2.75, 3.05) is 6.61 Å². The van der Waals surface area contributed by atoms with Crippen LogP contribution in [0.15, 0.2) is 54.6 Å². The van der Waals surface area contributed by atoms with E-state index < -0.39 is 6.10 Å². The maximum absolute atomic E-state index is 9.46. The molecule has 0 aliphatic carbocycles. The molecular formula is C17H16O2S. The normalized spacial score (nSPS) is 12.5. The highest BCUT2D eigenvalue weighted by Crippen LogP contribution is 2.44. The fourth-order valence-electron chi connectivity index (χ4n) is 2.15. The van der Waals surface area contributed by atoms with Gasteiger partial charge >= 0.3 is 0 Å². The number of hydrogen-bond acceptors (Lipinski definition) is 3. The summed E-state index contributed by atoms with van der Waals surface area (Å²) in [5.74, 6) is 0.873. The fraction of sp³-hybridized carbons (Fsp3) is 0.176. The summed E-state index contributed by atoms with van der Waals surface area (Å²) >= 11 is 1.72. The molecule has 0 aliphatic rings. The molecule has 1 unspecified atom stereocenters. The largest absolute Gasteiger partial charge is 0.489 e. The highest BCUT2D eigenvalue weighted by molar-refractivity contribution is 7.22. The molecule has 1 atom stereocenters. The molecular weight excluding hydrogens is 268 g/mol. The Kier molecular flexibility index (Phi) is 3.72. The highest BCUT2D eigenvalue weighted by atomic mass is 32.1. The second-order valence-electron chi connectivity index (χ2n) is 4.78. The van der Waals surface area contributed by atoms with E-state index in [4.69, 9.17) is 4.74 Å². The van der Waals surface area contributed by atoms with Crippen LogP contribution in [0.1, 0.15) is 6.92 Å². The van der Waals surface area contributed by atoms with Crippen molar-refractivity contribution in [3.63, 3.8) is 0 Å². The number of rotatable bonds is 4. The van der Waals surface area contributed by atoms with E-state index in [0.717, 1.165) is 21.6 Å². The number of ether oxygens (including phenoxy) is 1. The van der Waals surface area contributed by atoms with Crippen LogP contribution in [0.2, 0.25) is 0 Å². The standard InChI is InChI=1S/C17H16O2S/c1-12(18)11-19-16-14-9-5-6-10-15(14)20-17(16)13-7-3-2-4-8-13/h2-10,12,18H,11H2,1H3. The van der Waals surface area contributed by atoms with Crippen LogP contribution in [-0.2, 0) is 0 Å². The smallest absolute Gasteiger partial charge is 0.145 e. The van der Waals surface area contributed by atoms with Gasteiger partial charge < -0.3 is 9.84 Å². The summed E-state index contributed by atoms with van der Waals surface area (Å²) in [5.41, 5.74) is 1.15. The zero-order chi connectivity index (χ0) is 13.9. The summed E-state index contributed by atoms with van der Waals surface area (Å²) in [6.07, 6.45) is -0.475. The zero-order valence-corrected chi connectivity index (χ0v) is 12.1. The van der Waals surface area contributed by atoms with Gasteiger partial charge in [-0.2, -0.15) is 0 Å². The van der Waals surface area contributed by atoms with E-state index in [9.17, 15) is 5.11 Å². The Labute approximate surface area is 122 Å². The summed E-state index contributed by atoms with van der Waals surface area (Å²) < 4.78 is 7.07. The van der Waals surface area contributed by atoms with Crippen LogP contribution in [-0.4, -0.2) is 17.8 Å². The van der Waals surface area contributed by atoms with E-state index in [-0.39, 0.29) is 0 Å². The molecule has 0 spiro atoms. The van der Waals surface area contributed by atoms with Crippen molar-refractivity contribution < 1.29 is 9.84 Å². The first-order valence-corrected chi connectivity index (χ1v) is 7.45. The van der Waals surface area contributed by atoms with Gasteiger partial charge in [0.15, 0.2) is 0 Å². The molecule has 0 amide bonds. The van der Waals surface area contributed by atoms with E-state index in [1.54, 1.807) is 18.3 Å². The van der Waals surface area contributed by atoms with Crippen LogP contribution in [0.5, 0.6) is 5.75 Å². The number of benzene rings is 2. The Morgan fingerprint density at radius 3 is 2.50 bits per heavy atom. The van der Waals surface area contributed by atoms with E-state index in [1.807, 2.05) is 30.3 Å². The Morgan fingerprint density at radius 1 is 1.05 bits per heavy atom. The van der Waals surface area contributed by atoms with Crippen molar-refractivity contribution in [3.8, 4) is 16.2 Å². The molecule has 1 aromatic heterocycles. The molecule has 0 saturated carbocycles. The lowest BCUT2D eigenvalue weighted by atomic mass is 10.1. The molecule has 0 fully saturated rings. The SMILES string of the molecule is CC(O)COc1c(-c2ccccc2)sc2ccccc12. The number of hydrogen-bond donors (Lipinski definition) is 1. The summed E-state index contributed by atoms with van der Waals surface area (Å²) in [4.78, 5) is 1.12. The Balaban J connectivity index is 2.12. The molecule has 0 bridgehead atoms. The number of fused-ring (bicyclic) bond motifs is 1. The van der Waals surface area contributed by atoms with Gasteiger partial charge in [-0.15, -0.1) is 11.3 Å². The predicted molar refractivity (Wildman–Crippen MR) is 84.4 cm³/mol. The lowest BCUT2D eigenvalue weighted by Crippen LogP contribution is -2.12. The second-order valence-corrected chi connectivity index (χ2v) is 5.83. The van der Waals surface area contributed by atoms with Gasteiger partial charge in [0.05, 0.1) is 11.0 Å². The van der Waals surface area contributed by atoms with Gasteiger partial charge in [-0.25, -0.2) is 0 Å². The summed E-state index contributed by atoms with van der Waals surface area (Å²) in [6.45, 7) is 2.04. The van der Waals surface area contributed by atoms with Gasteiger partial charge in [-0.05, 0) is 24.6 Å². The minimum absolute atomic E-state index is 0.306. The van der Waals surface area contributed by atoms with Crippen molar-refractivity contribution in [1.29, 1.82) is 0 Å². The van der Waals surface area contributed by atoms with Crippen LogP contribution in [0.25, 0.3) is 20.5 Å². The van der Waals surface area contributed by atoms with Crippen LogP contribution in [0.4, 0.5) is 0 Å².